The van der Waals surface area contributed by atoms with E-state index in [0.29, 0.717) is 13.1 Å². The number of aliphatic hydroxyl groups is 1. The van der Waals surface area contributed by atoms with Gasteiger partial charge in [-0.05, 0) is 19.1 Å². The van der Waals surface area contributed by atoms with Crippen LogP contribution in [0.4, 0.5) is 4.39 Å². The quantitative estimate of drug-likeness (QED) is 0.793. The van der Waals surface area contributed by atoms with E-state index in [-0.39, 0.29) is 13.0 Å². The first-order valence-corrected chi connectivity index (χ1v) is 8.57. The molecule has 0 spiro atoms. The summed E-state index contributed by atoms with van der Waals surface area (Å²) in [6.45, 7) is 2.54. The number of halogens is 1. The second-order valence-electron chi connectivity index (χ2n) is 7.13. The molecule has 2 heterocycles. The summed E-state index contributed by atoms with van der Waals surface area (Å²) in [5.41, 5.74) is 0.935. The Labute approximate surface area is 145 Å². The fourth-order valence-electron chi connectivity index (χ4n) is 3.83. The summed E-state index contributed by atoms with van der Waals surface area (Å²) in [5, 5.41) is 13.2. The van der Waals surface area contributed by atoms with Crippen molar-refractivity contribution in [1.82, 2.24) is 9.47 Å². The predicted octanol–water partition coefficient (Wildman–Crippen LogP) is 3.12. The Balaban J connectivity index is 1.70. The number of benzene rings is 2. The van der Waals surface area contributed by atoms with Crippen molar-refractivity contribution in [2.24, 2.45) is 0 Å². The average molecular weight is 340 g/mol. The first-order valence-electron chi connectivity index (χ1n) is 8.57. The van der Waals surface area contributed by atoms with Gasteiger partial charge in [0.05, 0.1) is 18.7 Å². The Morgan fingerprint density at radius 2 is 1.64 bits per heavy atom. The normalized spacial score (nSPS) is 20.5. The van der Waals surface area contributed by atoms with Crippen molar-refractivity contribution in [3.8, 4) is 0 Å². The monoisotopic (exact) mass is 340 g/mol. The van der Waals surface area contributed by atoms with E-state index in [2.05, 4.69) is 16.7 Å². The standard InChI is InChI=1S/C20H21FN2O2/c1-20(25,12-22-11-10-16(21)19(22)24)13-23-17-8-4-2-6-14(17)15-7-3-5-9-18(15)23/h2-9,16,25H,10-13H2,1H3/t16-,20+/m1/s1. The Bertz CT molecular complexity index is 894. The van der Waals surface area contributed by atoms with Gasteiger partial charge in [0, 0.05) is 34.8 Å². The largest absolute Gasteiger partial charge is 0.386 e. The number of aromatic nitrogens is 1. The van der Waals surface area contributed by atoms with Crippen molar-refractivity contribution in [3.63, 3.8) is 0 Å². The van der Waals surface area contributed by atoms with E-state index in [1.807, 2.05) is 36.4 Å². The van der Waals surface area contributed by atoms with Gasteiger partial charge in [-0.15, -0.1) is 0 Å². The maximum absolute atomic E-state index is 13.5. The van der Waals surface area contributed by atoms with Gasteiger partial charge in [0.25, 0.3) is 5.91 Å². The minimum absolute atomic E-state index is 0.132. The lowest BCUT2D eigenvalue weighted by atomic mass is 10.1. The Kier molecular flexibility index (Phi) is 3.76. The van der Waals surface area contributed by atoms with Crippen LogP contribution in [0.3, 0.4) is 0 Å². The number of alkyl halides is 1. The van der Waals surface area contributed by atoms with Crippen LogP contribution in [-0.4, -0.2) is 45.3 Å². The SMILES string of the molecule is C[C@](O)(CN1CC[C@@H](F)C1=O)Cn1c2ccccc2c2ccccc21. The molecule has 1 fully saturated rings. The van der Waals surface area contributed by atoms with Gasteiger partial charge < -0.3 is 14.6 Å². The number of amides is 1. The third-order valence-corrected chi connectivity index (χ3v) is 4.94. The maximum Gasteiger partial charge on any atom is 0.257 e. The second kappa shape index (κ2) is 5.85. The molecular weight excluding hydrogens is 319 g/mol. The molecule has 3 aromatic rings. The first-order chi connectivity index (χ1) is 12.0. The molecule has 1 aromatic heterocycles. The summed E-state index contributed by atoms with van der Waals surface area (Å²) in [6, 6.07) is 16.2. The Morgan fingerprint density at radius 3 is 2.16 bits per heavy atom. The Morgan fingerprint density at radius 1 is 1.08 bits per heavy atom. The molecule has 25 heavy (non-hydrogen) atoms. The molecule has 2 aromatic carbocycles. The molecule has 1 aliphatic heterocycles. The van der Waals surface area contributed by atoms with Crippen LogP contribution in [-0.2, 0) is 11.3 Å². The molecule has 0 unspecified atom stereocenters. The number of rotatable bonds is 4. The molecule has 4 nitrogen and oxygen atoms in total. The zero-order valence-electron chi connectivity index (χ0n) is 14.2. The molecule has 0 saturated carbocycles. The van der Waals surface area contributed by atoms with Gasteiger partial charge in [-0.1, -0.05) is 36.4 Å². The third-order valence-electron chi connectivity index (χ3n) is 4.94. The van der Waals surface area contributed by atoms with Gasteiger partial charge in [0.2, 0.25) is 0 Å². The van der Waals surface area contributed by atoms with E-state index in [4.69, 9.17) is 0 Å². The number of likely N-dealkylation sites (tertiary alicyclic amines) is 1. The molecule has 4 rings (SSSR count). The van der Waals surface area contributed by atoms with E-state index in [1.165, 1.54) is 4.90 Å². The number of hydrogen-bond acceptors (Lipinski definition) is 2. The lowest BCUT2D eigenvalue weighted by molar-refractivity contribution is -0.134. The van der Waals surface area contributed by atoms with Crippen molar-refractivity contribution in [2.75, 3.05) is 13.1 Å². The fourth-order valence-corrected chi connectivity index (χ4v) is 3.83. The number of β-amino-alcohol motifs (C(OH)–C–C–N with tert-alkyl or cyclic N) is 1. The van der Waals surface area contributed by atoms with Crippen molar-refractivity contribution >= 4 is 27.7 Å². The molecular formula is C20H21FN2O2. The van der Waals surface area contributed by atoms with Crippen LogP contribution >= 0.6 is 0 Å². The van der Waals surface area contributed by atoms with Gasteiger partial charge in [-0.2, -0.15) is 0 Å². The van der Waals surface area contributed by atoms with Crippen molar-refractivity contribution in [1.29, 1.82) is 0 Å². The van der Waals surface area contributed by atoms with Crippen molar-refractivity contribution < 1.29 is 14.3 Å². The number of carbonyl (C=O) groups excluding carboxylic acids is 1. The van der Waals surface area contributed by atoms with E-state index < -0.39 is 17.7 Å². The number of nitrogens with zero attached hydrogens (tertiary/aromatic N) is 2. The van der Waals surface area contributed by atoms with Gasteiger partial charge in [0.1, 0.15) is 0 Å². The molecule has 0 radical (unpaired) electrons. The van der Waals surface area contributed by atoms with Crippen LogP contribution in [0, 0.1) is 0 Å². The Hall–Kier alpha value is -2.40. The molecule has 0 bridgehead atoms. The number of para-hydroxylation sites is 2. The summed E-state index contributed by atoms with van der Waals surface area (Å²) in [6.07, 6.45) is -1.21. The van der Waals surface area contributed by atoms with Gasteiger partial charge in [0.15, 0.2) is 6.17 Å². The fraction of sp³-hybridized carbons (Fsp3) is 0.350. The van der Waals surface area contributed by atoms with Gasteiger partial charge in [-0.3, -0.25) is 4.79 Å². The molecule has 130 valence electrons. The smallest absolute Gasteiger partial charge is 0.257 e. The average Bonchev–Trinajstić information content (AvgIpc) is 3.08. The third kappa shape index (κ3) is 2.78. The van der Waals surface area contributed by atoms with E-state index in [1.54, 1.807) is 6.92 Å². The van der Waals surface area contributed by atoms with E-state index in [0.717, 1.165) is 21.8 Å². The second-order valence-corrected chi connectivity index (χ2v) is 7.13. The summed E-state index contributed by atoms with van der Waals surface area (Å²) >= 11 is 0. The van der Waals surface area contributed by atoms with Crippen LogP contribution in [0.2, 0.25) is 0 Å². The maximum atomic E-state index is 13.5. The van der Waals surface area contributed by atoms with Crippen LogP contribution in [0.25, 0.3) is 21.8 Å². The zero-order chi connectivity index (χ0) is 17.6. The van der Waals surface area contributed by atoms with Gasteiger partial charge >= 0.3 is 0 Å². The lowest BCUT2D eigenvalue weighted by Crippen LogP contribution is -2.45. The summed E-state index contributed by atoms with van der Waals surface area (Å²) < 4.78 is 15.5. The highest BCUT2D eigenvalue weighted by molar-refractivity contribution is 6.07. The van der Waals surface area contributed by atoms with Crippen LogP contribution in [0.1, 0.15) is 13.3 Å². The van der Waals surface area contributed by atoms with Gasteiger partial charge in [-0.25, -0.2) is 4.39 Å². The van der Waals surface area contributed by atoms with Crippen LogP contribution in [0.15, 0.2) is 48.5 Å². The number of carbonyl (C=O) groups is 1. The van der Waals surface area contributed by atoms with Crippen molar-refractivity contribution in [2.45, 2.75) is 31.7 Å². The predicted molar refractivity (Wildman–Crippen MR) is 96.2 cm³/mol. The molecule has 0 aliphatic carbocycles. The molecule has 1 saturated heterocycles. The summed E-state index contributed by atoms with van der Waals surface area (Å²) in [5.74, 6) is -0.512. The minimum Gasteiger partial charge on any atom is -0.386 e. The van der Waals surface area contributed by atoms with E-state index in [9.17, 15) is 14.3 Å². The molecule has 2 atom stereocenters. The van der Waals surface area contributed by atoms with Crippen LogP contribution in [0.5, 0.6) is 0 Å². The zero-order valence-corrected chi connectivity index (χ0v) is 14.2. The number of fused-ring (bicyclic) bond motifs is 3. The molecule has 1 N–H and O–H groups in total. The highest BCUT2D eigenvalue weighted by Crippen LogP contribution is 2.30. The highest BCUT2D eigenvalue weighted by atomic mass is 19.1. The summed E-state index contributed by atoms with van der Waals surface area (Å²) in [7, 11) is 0. The minimum atomic E-state index is -1.43. The summed E-state index contributed by atoms with van der Waals surface area (Å²) in [4.78, 5) is 13.3. The lowest BCUT2D eigenvalue weighted by Gasteiger charge is -2.30. The first kappa shape index (κ1) is 16.1. The molecule has 1 amide bonds. The highest BCUT2D eigenvalue weighted by Gasteiger charge is 2.36. The van der Waals surface area contributed by atoms with Crippen LogP contribution < -0.4 is 0 Å². The van der Waals surface area contributed by atoms with E-state index >= 15 is 0 Å². The number of hydrogen-bond donors (Lipinski definition) is 1. The van der Waals surface area contributed by atoms with Crippen molar-refractivity contribution in [3.05, 3.63) is 48.5 Å². The molecule has 5 heteroatoms. The topological polar surface area (TPSA) is 45.5 Å². The molecule has 1 aliphatic rings.